The van der Waals surface area contributed by atoms with Crippen LogP contribution in [-0.4, -0.2) is 38.8 Å². The van der Waals surface area contributed by atoms with Crippen molar-refractivity contribution < 1.29 is 13.2 Å². The van der Waals surface area contributed by atoms with Gasteiger partial charge in [-0.1, -0.05) is 12.8 Å². The summed E-state index contributed by atoms with van der Waals surface area (Å²) in [7, 11) is -1.67. The van der Waals surface area contributed by atoms with Crippen LogP contribution in [0.5, 0.6) is 0 Å². The molecular formula is C17H24N2O3S. The summed E-state index contributed by atoms with van der Waals surface area (Å²) in [6.45, 7) is 1.22. The topological polar surface area (TPSA) is 57.7 Å². The Morgan fingerprint density at radius 3 is 2.35 bits per heavy atom. The first-order chi connectivity index (χ1) is 11.0. The number of nitrogens with zero attached hydrogens (tertiary/aromatic N) is 2. The number of carbonyl (C=O) groups excluding carboxylic acids is 1. The maximum atomic E-state index is 12.9. The van der Waals surface area contributed by atoms with Crippen LogP contribution in [0.1, 0.15) is 44.1 Å². The van der Waals surface area contributed by atoms with Gasteiger partial charge in [0.2, 0.25) is 15.9 Å². The first-order valence-electron chi connectivity index (χ1n) is 8.40. The molecule has 1 aromatic rings. The van der Waals surface area contributed by atoms with Crippen LogP contribution >= 0.6 is 0 Å². The fraction of sp³-hybridized carbons (Fsp3) is 0.588. The number of aryl methyl sites for hydroxylation is 1. The van der Waals surface area contributed by atoms with E-state index in [9.17, 15) is 13.2 Å². The molecule has 0 saturated carbocycles. The Bertz CT molecular complexity index is 692. The zero-order valence-electron chi connectivity index (χ0n) is 13.6. The van der Waals surface area contributed by atoms with E-state index in [4.69, 9.17) is 0 Å². The normalized spacial score (nSPS) is 20.7. The van der Waals surface area contributed by atoms with E-state index in [1.165, 1.54) is 0 Å². The summed E-state index contributed by atoms with van der Waals surface area (Å²) in [5.74, 6) is 0.0897. The van der Waals surface area contributed by atoms with Crippen molar-refractivity contribution in [1.29, 1.82) is 0 Å². The van der Waals surface area contributed by atoms with Crippen molar-refractivity contribution in [2.75, 3.05) is 25.0 Å². The number of hydrogen-bond acceptors (Lipinski definition) is 3. The van der Waals surface area contributed by atoms with Crippen LogP contribution in [0, 0.1) is 0 Å². The van der Waals surface area contributed by atoms with E-state index in [1.54, 1.807) is 34.5 Å². The molecule has 1 fully saturated rings. The van der Waals surface area contributed by atoms with Crippen LogP contribution < -0.4 is 4.90 Å². The lowest BCUT2D eigenvalue weighted by atomic mass is 10.1. The van der Waals surface area contributed by atoms with Crippen molar-refractivity contribution in [3.05, 3.63) is 23.8 Å². The van der Waals surface area contributed by atoms with Gasteiger partial charge < -0.3 is 4.90 Å². The predicted molar refractivity (Wildman–Crippen MR) is 90.0 cm³/mol. The van der Waals surface area contributed by atoms with Crippen LogP contribution in [-0.2, 0) is 21.2 Å². The minimum atomic E-state index is -3.43. The molecule has 1 saturated heterocycles. The van der Waals surface area contributed by atoms with Crippen molar-refractivity contribution in [3.63, 3.8) is 0 Å². The van der Waals surface area contributed by atoms with Crippen molar-refractivity contribution in [2.45, 2.75) is 49.8 Å². The highest BCUT2D eigenvalue weighted by molar-refractivity contribution is 7.89. The molecule has 0 N–H and O–H groups in total. The standard InChI is InChI=1S/C17H24N2O3S/c1-18-16-10-9-15(13-14(16)7-6-8-17(18)20)23(21,22)19-11-4-2-3-5-12-19/h9-10,13H,2-8,11-12H2,1H3. The molecule has 0 aromatic heterocycles. The summed E-state index contributed by atoms with van der Waals surface area (Å²) in [5, 5.41) is 0. The Morgan fingerprint density at radius 2 is 1.65 bits per heavy atom. The molecule has 0 atom stereocenters. The van der Waals surface area contributed by atoms with Gasteiger partial charge in [0.05, 0.1) is 4.90 Å². The van der Waals surface area contributed by atoms with E-state index in [1.807, 2.05) is 0 Å². The number of rotatable bonds is 2. The van der Waals surface area contributed by atoms with Crippen molar-refractivity contribution in [3.8, 4) is 0 Å². The second-order valence-electron chi connectivity index (χ2n) is 6.42. The lowest BCUT2D eigenvalue weighted by Crippen LogP contribution is -2.32. The average Bonchev–Trinajstić information content (AvgIpc) is 2.89. The van der Waals surface area contributed by atoms with E-state index in [0.717, 1.165) is 49.8 Å². The maximum Gasteiger partial charge on any atom is 0.243 e. The van der Waals surface area contributed by atoms with Crippen LogP contribution in [0.25, 0.3) is 0 Å². The molecule has 2 heterocycles. The molecule has 0 aliphatic carbocycles. The minimum Gasteiger partial charge on any atom is -0.315 e. The monoisotopic (exact) mass is 336 g/mol. The number of hydrogen-bond donors (Lipinski definition) is 0. The third kappa shape index (κ3) is 3.28. The molecule has 2 aliphatic heterocycles. The molecule has 5 nitrogen and oxygen atoms in total. The van der Waals surface area contributed by atoms with Gasteiger partial charge in [0.25, 0.3) is 0 Å². The number of benzene rings is 1. The molecule has 1 amide bonds. The highest BCUT2D eigenvalue weighted by Crippen LogP contribution is 2.30. The molecule has 0 bridgehead atoms. The van der Waals surface area contributed by atoms with Gasteiger partial charge in [0.1, 0.15) is 0 Å². The Kier molecular flexibility index (Phi) is 4.73. The fourth-order valence-electron chi connectivity index (χ4n) is 3.41. The van der Waals surface area contributed by atoms with Gasteiger partial charge in [-0.3, -0.25) is 4.79 Å². The molecule has 126 valence electrons. The van der Waals surface area contributed by atoms with Gasteiger partial charge >= 0.3 is 0 Å². The number of sulfonamides is 1. The lowest BCUT2D eigenvalue weighted by molar-refractivity contribution is -0.118. The van der Waals surface area contributed by atoms with Gasteiger partial charge in [-0.25, -0.2) is 8.42 Å². The zero-order valence-corrected chi connectivity index (χ0v) is 14.4. The number of carbonyl (C=O) groups is 1. The highest BCUT2D eigenvalue weighted by Gasteiger charge is 2.27. The lowest BCUT2D eigenvalue weighted by Gasteiger charge is -2.22. The Balaban J connectivity index is 1.94. The summed E-state index contributed by atoms with van der Waals surface area (Å²) in [6.07, 6.45) is 6.09. The molecule has 1 aromatic carbocycles. The van der Waals surface area contributed by atoms with Crippen LogP contribution in [0.15, 0.2) is 23.1 Å². The van der Waals surface area contributed by atoms with Gasteiger partial charge in [0, 0.05) is 32.2 Å². The predicted octanol–water partition coefficient (Wildman–Crippen LogP) is 2.55. The van der Waals surface area contributed by atoms with Gasteiger partial charge in [-0.05, 0) is 49.4 Å². The van der Waals surface area contributed by atoms with Crippen molar-refractivity contribution in [1.82, 2.24) is 4.31 Å². The number of amides is 1. The molecule has 0 unspecified atom stereocenters. The van der Waals surface area contributed by atoms with E-state index in [2.05, 4.69) is 0 Å². The first kappa shape index (κ1) is 16.5. The van der Waals surface area contributed by atoms with E-state index < -0.39 is 10.0 Å². The van der Waals surface area contributed by atoms with Crippen LogP contribution in [0.3, 0.4) is 0 Å². The van der Waals surface area contributed by atoms with Gasteiger partial charge in [-0.15, -0.1) is 0 Å². The Hall–Kier alpha value is -1.40. The largest absolute Gasteiger partial charge is 0.315 e. The molecule has 3 rings (SSSR count). The van der Waals surface area contributed by atoms with Gasteiger partial charge in [-0.2, -0.15) is 4.31 Å². The second kappa shape index (κ2) is 6.61. The summed E-state index contributed by atoms with van der Waals surface area (Å²) in [4.78, 5) is 13.9. The quantitative estimate of drug-likeness (QED) is 0.834. The van der Waals surface area contributed by atoms with Crippen LogP contribution in [0.2, 0.25) is 0 Å². The fourth-order valence-corrected chi connectivity index (χ4v) is 4.98. The smallest absolute Gasteiger partial charge is 0.243 e. The number of anilines is 1. The van der Waals surface area contributed by atoms with E-state index >= 15 is 0 Å². The highest BCUT2D eigenvalue weighted by atomic mass is 32.2. The summed E-state index contributed by atoms with van der Waals surface area (Å²) >= 11 is 0. The van der Waals surface area contributed by atoms with E-state index in [-0.39, 0.29) is 5.91 Å². The van der Waals surface area contributed by atoms with Crippen molar-refractivity contribution in [2.24, 2.45) is 0 Å². The average molecular weight is 336 g/mol. The second-order valence-corrected chi connectivity index (χ2v) is 8.35. The minimum absolute atomic E-state index is 0.0897. The zero-order chi connectivity index (χ0) is 16.4. The first-order valence-corrected chi connectivity index (χ1v) is 9.84. The van der Waals surface area contributed by atoms with Crippen LogP contribution in [0.4, 0.5) is 5.69 Å². The SMILES string of the molecule is CN1C(=O)CCCc2cc(S(=O)(=O)N3CCCCCC3)ccc21. The third-order valence-corrected chi connectivity index (χ3v) is 6.72. The molecule has 0 radical (unpaired) electrons. The summed E-state index contributed by atoms with van der Waals surface area (Å²) < 4.78 is 27.4. The molecule has 2 aliphatic rings. The maximum absolute atomic E-state index is 12.9. The molecule has 23 heavy (non-hydrogen) atoms. The van der Waals surface area contributed by atoms with Crippen molar-refractivity contribution >= 4 is 21.6 Å². The molecule has 6 heteroatoms. The number of fused-ring (bicyclic) bond motifs is 1. The Labute approximate surface area is 138 Å². The summed E-state index contributed by atoms with van der Waals surface area (Å²) in [6, 6.07) is 5.20. The molecular weight excluding hydrogens is 312 g/mol. The van der Waals surface area contributed by atoms with E-state index in [0.29, 0.717) is 24.4 Å². The summed E-state index contributed by atoms with van der Waals surface area (Å²) in [5.41, 5.74) is 1.79. The Morgan fingerprint density at radius 1 is 0.957 bits per heavy atom. The molecule has 0 spiro atoms. The third-order valence-electron chi connectivity index (χ3n) is 4.83. The van der Waals surface area contributed by atoms with Gasteiger partial charge in [0.15, 0.2) is 0 Å².